The minimum atomic E-state index is 0.103. The molecule has 1 aromatic carbocycles. The molecule has 1 heterocycles. The topological polar surface area (TPSA) is 17.8 Å². The van der Waals surface area contributed by atoms with E-state index in [9.17, 15) is 0 Å². The second kappa shape index (κ2) is 4.82. The van der Waals surface area contributed by atoms with Crippen molar-refractivity contribution in [2.24, 2.45) is 0 Å². The van der Waals surface area contributed by atoms with E-state index in [4.69, 9.17) is 0 Å². The van der Waals surface area contributed by atoms with E-state index in [0.29, 0.717) is 0 Å². The lowest BCUT2D eigenvalue weighted by Gasteiger charge is -2.20. The first-order valence-corrected chi connectivity index (χ1v) is 7.12. The van der Waals surface area contributed by atoms with Gasteiger partial charge in [0, 0.05) is 16.7 Å². The molecule has 1 aliphatic carbocycles. The number of hydrogen-bond donors (Lipinski definition) is 0. The summed E-state index contributed by atoms with van der Waals surface area (Å²) < 4.78 is 1.97. The van der Waals surface area contributed by atoms with Crippen molar-refractivity contribution in [2.75, 3.05) is 0 Å². The highest BCUT2D eigenvalue weighted by Crippen LogP contribution is 2.32. The van der Waals surface area contributed by atoms with Crippen LogP contribution in [0.15, 0.2) is 61.0 Å². The highest BCUT2D eigenvalue weighted by molar-refractivity contribution is 9.10. The highest BCUT2D eigenvalue weighted by Gasteiger charge is 2.18. The van der Waals surface area contributed by atoms with Gasteiger partial charge in [0.15, 0.2) is 0 Å². The molecule has 3 rings (SSSR count). The van der Waals surface area contributed by atoms with E-state index in [1.807, 2.05) is 16.9 Å². The molecular weight excluding hydrogens is 300 g/mol. The molecule has 3 heteroatoms. The van der Waals surface area contributed by atoms with Crippen molar-refractivity contribution in [1.29, 1.82) is 0 Å². The zero-order chi connectivity index (χ0) is 13.3. The summed E-state index contributed by atoms with van der Waals surface area (Å²) in [6, 6.07) is 10.4. The Hall–Kier alpha value is -1.61. The van der Waals surface area contributed by atoms with Gasteiger partial charge in [0.05, 0.1) is 5.69 Å². The van der Waals surface area contributed by atoms with Crippen LogP contribution in [0.2, 0.25) is 0 Å². The predicted molar refractivity (Wildman–Crippen MR) is 82.6 cm³/mol. The van der Waals surface area contributed by atoms with Crippen LogP contribution in [0.5, 0.6) is 0 Å². The minimum absolute atomic E-state index is 0.103. The Labute approximate surface area is 121 Å². The number of alkyl halides is 1. The summed E-state index contributed by atoms with van der Waals surface area (Å²) in [5.41, 5.74) is 3.61. The van der Waals surface area contributed by atoms with Crippen LogP contribution in [-0.4, -0.2) is 14.1 Å². The van der Waals surface area contributed by atoms with E-state index in [1.165, 1.54) is 11.1 Å². The Morgan fingerprint density at radius 1 is 1.26 bits per heavy atom. The lowest BCUT2D eigenvalue weighted by atomic mass is 9.94. The third-order valence-electron chi connectivity index (χ3n) is 3.30. The van der Waals surface area contributed by atoms with E-state index in [1.54, 1.807) is 6.20 Å². The number of benzene rings is 1. The zero-order valence-electron chi connectivity index (χ0n) is 10.8. The molecule has 19 heavy (non-hydrogen) atoms. The highest BCUT2D eigenvalue weighted by atomic mass is 79.9. The van der Waals surface area contributed by atoms with E-state index < -0.39 is 0 Å². The van der Waals surface area contributed by atoms with Crippen molar-refractivity contribution in [3.8, 4) is 5.69 Å². The van der Waals surface area contributed by atoms with Crippen molar-refractivity contribution in [2.45, 2.75) is 17.7 Å². The van der Waals surface area contributed by atoms with Gasteiger partial charge in [-0.15, -0.1) is 0 Å². The fraction of sp³-hybridized carbons (Fsp3) is 0.188. The molecule has 0 bridgehead atoms. The molecule has 0 saturated heterocycles. The fourth-order valence-corrected chi connectivity index (χ4v) is 2.45. The fourth-order valence-electron chi connectivity index (χ4n) is 2.15. The molecule has 0 N–H and O–H groups in total. The molecule has 0 amide bonds. The monoisotopic (exact) mass is 314 g/mol. The van der Waals surface area contributed by atoms with Gasteiger partial charge in [0.1, 0.15) is 0 Å². The number of rotatable bonds is 2. The summed E-state index contributed by atoms with van der Waals surface area (Å²) in [6.45, 7) is 2.18. The molecule has 0 spiro atoms. The zero-order valence-corrected chi connectivity index (χ0v) is 12.3. The van der Waals surface area contributed by atoms with Gasteiger partial charge in [-0.3, -0.25) is 0 Å². The summed E-state index contributed by atoms with van der Waals surface area (Å²) in [4.78, 5) is 0. The molecule has 0 saturated carbocycles. The standard InChI is InChI=1S/C16H15BrN2/c1-16(17)9-7-14(8-10-16)13-3-5-15(6-4-13)19-12-2-11-18-19/h2-9,11-12H,10H2,1H3. The van der Waals surface area contributed by atoms with Crippen LogP contribution in [0.25, 0.3) is 11.3 Å². The van der Waals surface area contributed by atoms with Crippen molar-refractivity contribution < 1.29 is 0 Å². The lowest BCUT2D eigenvalue weighted by molar-refractivity contribution is 0.818. The largest absolute Gasteiger partial charge is 0.241 e. The van der Waals surface area contributed by atoms with Crippen LogP contribution in [0.3, 0.4) is 0 Å². The Kier molecular flexibility index (Phi) is 3.15. The van der Waals surface area contributed by atoms with E-state index in [-0.39, 0.29) is 4.32 Å². The Morgan fingerprint density at radius 3 is 2.63 bits per heavy atom. The molecular formula is C16H15BrN2. The van der Waals surface area contributed by atoms with Crippen molar-refractivity contribution >= 4 is 21.5 Å². The first kappa shape index (κ1) is 12.4. The number of halogens is 1. The summed E-state index contributed by atoms with van der Waals surface area (Å²) in [5.74, 6) is 0. The minimum Gasteiger partial charge on any atom is -0.241 e. The van der Waals surface area contributed by atoms with Gasteiger partial charge < -0.3 is 0 Å². The summed E-state index contributed by atoms with van der Waals surface area (Å²) in [6.07, 6.45) is 11.4. The van der Waals surface area contributed by atoms with Gasteiger partial charge in [-0.1, -0.05) is 46.3 Å². The molecule has 96 valence electrons. The molecule has 0 fully saturated rings. The smallest absolute Gasteiger partial charge is 0.0645 e. The maximum absolute atomic E-state index is 4.23. The molecule has 1 aromatic heterocycles. The number of nitrogens with zero attached hydrogens (tertiary/aromatic N) is 2. The molecule has 1 atom stereocenters. The van der Waals surface area contributed by atoms with Gasteiger partial charge in [0.2, 0.25) is 0 Å². The molecule has 0 radical (unpaired) electrons. The Balaban J connectivity index is 1.85. The first-order valence-electron chi connectivity index (χ1n) is 6.33. The Morgan fingerprint density at radius 2 is 2.05 bits per heavy atom. The molecule has 1 aliphatic rings. The Bertz CT molecular complexity index is 619. The van der Waals surface area contributed by atoms with Crippen molar-refractivity contribution in [3.05, 3.63) is 66.5 Å². The van der Waals surface area contributed by atoms with Crippen LogP contribution in [0.4, 0.5) is 0 Å². The molecule has 2 nitrogen and oxygen atoms in total. The van der Waals surface area contributed by atoms with Crippen LogP contribution < -0.4 is 0 Å². The van der Waals surface area contributed by atoms with E-state index >= 15 is 0 Å². The molecule has 2 aromatic rings. The van der Waals surface area contributed by atoms with E-state index in [2.05, 4.69) is 70.4 Å². The summed E-state index contributed by atoms with van der Waals surface area (Å²) >= 11 is 3.69. The number of aromatic nitrogens is 2. The second-order valence-corrected chi connectivity index (χ2v) is 6.78. The van der Waals surface area contributed by atoms with Crippen molar-refractivity contribution in [1.82, 2.24) is 9.78 Å². The van der Waals surface area contributed by atoms with Gasteiger partial charge >= 0.3 is 0 Å². The van der Waals surface area contributed by atoms with Gasteiger partial charge in [-0.05, 0) is 42.7 Å². The number of allylic oxidation sites excluding steroid dienone is 4. The number of hydrogen-bond acceptors (Lipinski definition) is 1. The second-order valence-electron chi connectivity index (χ2n) is 4.97. The quantitative estimate of drug-likeness (QED) is 0.753. The average molecular weight is 315 g/mol. The maximum atomic E-state index is 4.23. The first-order chi connectivity index (χ1) is 9.14. The summed E-state index contributed by atoms with van der Waals surface area (Å²) in [7, 11) is 0. The molecule has 1 unspecified atom stereocenters. The van der Waals surface area contributed by atoms with Gasteiger partial charge in [0.25, 0.3) is 0 Å². The normalized spacial score (nSPS) is 22.3. The van der Waals surface area contributed by atoms with Gasteiger partial charge in [-0.2, -0.15) is 5.10 Å². The SMILES string of the molecule is CC1(Br)C=CC(c2ccc(-n3cccn3)cc2)=CC1. The maximum Gasteiger partial charge on any atom is 0.0645 e. The molecule has 0 aliphatic heterocycles. The van der Waals surface area contributed by atoms with Crippen molar-refractivity contribution in [3.63, 3.8) is 0 Å². The van der Waals surface area contributed by atoms with Crippen LogP contribution >= 0.6 is 15.9 Å². The average Bonchev–Trinajstić information content (AvgIpc) is 2.93. The summed E-state index contributed by atoms with van der Waals surface area (Å²) in [5, 5.41) is 4.23. The third kappa shape index (κ3) is 2.71. The lowest BCUT2D eigenvalue weighted by Crippen LogP contribution is -2.12. The van der Waals surface area contributed by atoms with Crippen LogP contribution in [0, 0.1) is 0 Å². The van der Waals surface area contributed by atoms with Crippen LogP contribution in [-0.2, 0) is 0 Å². The predicted octanol–water partition coefficient (Wildman–Crippen LogP) is 4.37. The van der Waals surface area contributed by atoms with Gasteiger partial charge in [-0.25, -0.2) is 4.68 Å². The third-order valence-corrected chi connectivity index (χ3v) is 3.89. The van der Waals surface area contributed by atoms with Crippen LogP contribution in [0.1, 0.15) is 18.9 Å². The van der Waals surface area contributed by atoms with E-state index in [0.717, 1.165) is 12.1 Å².